The van der Waals surface area contributed by atoms with Crippen molar-refractivity contribution in [3.63, 3.8) is 0 Å². The third kappa shape index (κ3) is 5.09. The highest BCUT2D eigenvalue weighted by molar-refractivity contribution is 6.31. The van der Waals surface area contributed by atoms with E-state index in [2.05, 4.69) is 10.6 Å². The summed E-state index contributed by atoms with van der Waals surface area (Å²) in [6.45, 7) is 3.72. The summed E-state index contributed by atoms with van der Waals surface area (Å²) in [6, 6.07) is 17.4. The molecular weight excluding hydrogens is 531 g/mol. The zero-order chi connectivity index (χ0) is 28.6. The molecule has 2 N–H and O–H groups in total. The SMILES string of the molecule is COc1ccc([C@@H]2CC(=O)C3=C(C2)NC(C)=C(C(=O)Nc2ccc(C)cc2)[C@H]3c2c(F)cccc2Cl)cc1OC. The van der Waals surface area contributed by atoms with Crippen LogP contribution in [0.5, 0.6) is 11.5 Å². The number of benzene rings is 3. The van der Waals surface area contributed by atoms with Crippen molar-refractivity contribution in [1.82, 2.24) is 5.32 Å². The zero-order valence-electron chi connectivity index (χ0n) is 22.7. The van der Waals surface area contributed by atoms with Gasteiger partial charge in [0.05, 0.1) is 20.1 Å². The molecule has 0 bridgehead atoms. The molecule has 1 aliphatic heterocycles. The predicted molar refractivity (Wildman–Crippen MR) is 153 cm³/mol. The van der Waals surface area contributed by atoms with E-state index < -0.39 is 17.6 Å². The van der Waals surface area contributed by atoms with Gasteiger partial charge in [-0.05, 0) is 68.1 Å². The first-order valence-corrected chi connectivity index (χ1v) is 13.4. The second-order valence-electron chi connectivity index (χ2n) is 10.1. The van der Waals surface area contributed by atoms with E-state index in [1.54, 1.807) is 39.3 Å². The van der Waals surface area contributed by atoms with Crippen molar-refractivity contribution in [3.8, 4) is 11.5 Å². The van der Waals surface area contributed by atoms with Crippen LogP contribution in [0.4, 0.5) is 10.1 Å². The highest BCUT2D eigenvalue weighted by atomic mass is 35.5. The van der Waals surface area contributed by atoms with Crippen LogP contribution in [0.15, 0.2) is 83.2 Å². The van der Waals surface area contributed by atoms with Crippen molar-refractivity contribution in [3.05, 3.63) is 111 Å². The minimum atomic E-state index is -0.964. The quantitative estimate of drug-likeness (QED) is 0.346. The second-order valence-corrected chi connectivity index (χ2v) is 10.5. The average molecular weight is 561 g/mol. The fraction of sp³-hybridized carbons (Fsp3) is 0.250. The maximum Gasteiger partial charge on any atom is 0.254 e. The van der Waals surface area contributed by atoms with Gasteiger partial charge in [0.1, 0.15) is 5.82 Å². The van der Waals surface area contributed by atoms with Crippen molar-refractivity contribution in [2.45, 2.75) is 38.5 Å². The molecule has 6 nitrogen and oxygen atoms in total. The maximum atomic E-state index is 15.4. The predicted octanol–water partition coefficient (Wildman–Crippen LogP) is 6.81. The van der Waals surface area contributed by atoms with Crippen LogP contribution in [0.2, 0.25) is 5.02 Å². The summed E-state index contributed by atoms with van der Waals surface area (Å²) in [4.78, 5) is 27.6. The Labute approximate surface area is 237 Å². The number of nitrogens with one attached hydrogen (secondary N) is 2. The van der Waals surface area contributed by atoms with Crippen LogP contribution in [-0.2, 0) is 9.59 Å². The number of carbonyl (C=O) groups is 2. The number of hydrogen-bond donors (Lipinski definition) is 2. The van der Waals surface area contributed by atoms with Crippen LogP contribution in [0, 0.1) is 12.7 Å². The molecule has 40 heavy (non-hydrogen) atoms. The van der Waals surface area contributed by atoms with Crippen LogP contribution < -0.4 is 20.1 Å². The molecule has 5 rings (SSSR count). The molecule has 0 fully saturated rings. The highest BCUT2D eigenvalue weighted by Gasteiger charge is 2.42. The number of ketones is 1. The summed E-state index contributed by atoms with van der Waals surface area (Å²) < 4.78 is 26.3. The Hall–Kier alpha value is -4.10. The monoisotopic (exact) mass is 560 g/mol. The van der Waals surface area contributed by atoms with E-state index in [1.165, 1.54) is 12.1 Å². The molecule has 0 radical (unpaired) electrons. The van der Waals surface area contributed by atoms with Crippen molar-refractivity contribution in [1.29, 1.82) is 0 Å². The van der Waals surface area contributed by atoms with Crippen LogP contribution in [0.1, 0.15) is 48.3 Å². The minimum Gasteiger partial charge on any atom is -0.493 e. The first-order chi connectivity index (χ1) is 19.2. The van der Waals surface area contributed by atoms with Gasteiger partial charge in [-0.3, -0.25) is 9.59 Å². The number of aryl methyl sites for hydroxylation is 1. The number of dihydropyridines is 1. The Morgan fingerprint density at radius 3 is 2.40 bits per heavy atom. The van der Waals surface area contributed by atoms with Crippen LogP contribution in [0.3, 0.4) is 0 Å². The number of allylic oxidation sites excluding steroid dienone is 3. The van der Waals surface area contributed by atoms with Gasteiger partial charge in [0, 0.05) is 45.2 Å². The molecule has 1 amide bonds. The number of ether oxygens (including phenoxy) is 2. The summed E-state index contributed by atoms with van der Waals surface area (Å²) in [5.74, 6) is -1.12. The van der Waals surface area contributed by atoms with Crippen LogP contribution in [0.25, 0.3) is 0 Å². The van der Waals surface area contributed by atoms with E-state index in [9.17, 15) is 9.59 Å². The number of Topliss-reactive ketones (excluding diaryl/α,β-unsaturated/α-hetero) is 1. The van der Waals surface area contributed by atoms with E-state index in [0.29, 0.717) is 40.6 Å². The highest BCUT2D eigenvalue weighted by Crippen LogP contribution is 2.48. The summed E-state index contributed by atoms with van der Waals surface area (Å²) in [6.07, 6.45) is 0.674. The molecule has 2 atom stereocenters. The van der Waals surface area contributed by atoms with Crippen molar-refractivity contribution in [2.24, 2.45) is 0 Å². The van der Waals surface area contributed by atoms with E-state index >= 15 is 4.39 Å². The normalized spacial score (nSPS) is 18.7. The largest absolute Gasteiger partial charge is 0.493 e. The standard InChI is InChI=1S/C32H30ClFN2O4/c1-17-8-11-21(12-9-17)36-32(38)28-18(2)35-24-14-20(19-10-13-26(39-3)27(16-19)40-4)15-25(37)30(24)31(28)29-22(33)6-5-7-23(29)34/h5-13,16,20,31,35H,14-15H2,1-4H3,(H,36,38)/t20-,31-/m0/s1. The fourth-order valence-electron chi connectivity index (χ4n) is 5.59. The van der Waals surface area contributed by atoms with Crippen molar-refractivity contribution in [2.75, 3.05) is 19.5 Å². The fourth-order valence-corrected chi connectivity index (χ4v) is 5.87. The number of methoxy groups -OCH3 is 2. The first-order valence-electron chi connectivity index (χ1n) is 13.0. The molecule has 3 aromatic rings. The smallest absolute Gasteiger partial charge is 0.254 e. The van der Waals surface area contributed by atoms with Crippen molar-refractivity contribution < 1.29 is 23.5 Å². The lowest BCUT2D eigenvalue weighted by molar-refractivity contribution is -0.116. The Bertz CT molecular complexity index is 1540. The lowest BCUT2D eigenvalue weighted by Gasteiger charge is -2.37. The van der Waals surface area contributed by atoms with Crippen LogP contribution in [-0.4, -0.2) is 25.9 Å². The molecule has 0 spiro atoms. The molecule has 1 aliphatic carbocycles. The molecule has 0 saturated heterocycles. The molecule has 0 saturated carbocycles. The summed E-state index contributed by atoms with van der Waals surface area (Å²) in [5, 5.41) is 6.39. The van der Waals surface area contributed by atoms with Gasteiger partial charge in [-0.25, -0.2) is 4.39 Å². The molecule has 206 valence electrons. The number of carbonyl (C=O) groups excluding carboxylic acids is 2. The molecule has 1 heterocycles. The van der Waals surface area contributed by atoms with E-state index in [0.717, 1.165) is 11.1 Å². The molecule has 3 aromatic carbocycles. The van der Waals surface area contributed by atoms with Gasteiger partial charge < -0.3 is 20.1 Å². The lowest BCUT2D eigenvalue weighted by Crippen LogP contribution is -2.37. The Kier molecular flexibility index (Phi) is 7.68. The van der Waals surface area contributed by atoms with Crippen LogP contribution >= 0.6 is 11.6 Å². The molecule has 8 heteroatoms. The second kappa shape index (κ2) is 11.2. The summed E-state index contributed by atoms with van der Waals surface area (Å²) in [5.41, 5.74) is 4.49. The average Bonchev–Trinajstić information content (AvgIpc) is 2.93. The van der Waals surface area contributed by atoms with Gasteiger partial charge in [0.2, 0.25) is 0 Å². The van der Waals surface area contributed by atoms with Crippen molar-refractivity contribution >= 4 is 29.0 Å². The summed E-state index contributed by atoms with van der Waals surface area (Å²) >= 11 is 6.55. The first kappa shape index (κ1) is 27.5. The Balaban J connectivity index is 1.58. The van der Waals surface area contributed by atoms with E-state index in [-0.39, 0.29) is 34.3 Å². The molecule has 2 aliphatic rings. The molecular formula is C32H30ClFN2O4. The lowest BCUT2D eigenvalue weighted by atomic mass is 9.71. The third-order valence-electron chi connectivity index (χ3n) is 7.55. The number of halogens is 2. The Morgan fingerprint density at radius 2 is 1.73 bits per heavy atom. The van der Waals surface area contributed by atoms with Gasteiger partial charge in [0.25, 0.3) is 5.91 Å². The molecule has 0 aromatic heterocycles. The number of hydrogen-bond acceptors (Lipinski definition) is 5. The topological polar surface area (TPSA) is 76.7 Å². The van der Waals surface area contributed by atoms with Gasteiger partial charge in [-0.2, -0.15) is 0 Å². The number of anilines is 1. The van der Waals surface area contributed by atoms with Gasteiger partial charge >= 0.3 is 0 Å². The molecule has 0 unspecified atom stereocenters. The van der Waals surface area contributed by atoms with E-state index in [1.807, 2.05) is 37.3 Å². The number of amides is 1. The third-order valence-corrected chi connectivity index (χ3v) is 7.88. The summed E-state index contributed by atoms with van der Waals surface area (Å²) in [7, 11) is 3.14. The number of rotatable bonds is 6. The zero-order valence-corrected chi connectivity index (χ0v) is 23.5. The maximum absolute atomic E-state index is 15.4. The van der Waals surface area contributed by atoms with Gasteiger partial charge in [-0.15, -0.1) is 0 Å². The minimum absolute atomic E-state index is 0.115. The van der Waals surface area contributed by atoms with Gasteiger partial charge in [-0.1, -0.05) is 41.4 Å². The van der Waals surface area contributed by atoms with E-state index in [4.69, 9.17) is 21.1 Å². The van der Waals surface area contributed by atoms with Gasteiger partial charge in [0.15, 0.2) is 17.3 Å². The Morgan fingerprint density at radius 1 is 1.00 bits per heavy atom.